The Bertz CT molecular complexity index is 366. The number of carbonyl (C=O) groups excluding carboxylic acids is 1. The highest BCUT2D eigenvalue weighted by Gasteiger charge is 2.60. The van der Waals surface area contributed by atoms with E-state index in [-0.39, 0.29) is 29.2 Å². The van der Waals surface area contributed by atoms with E-state index in [1.165, 1.54) is 11.3 Å². The van der Waals surface area contributed by atoms with Crippen LogP contribution in [0.1, 0.15) is 26.2 Å². The number of likely N-dealkylation sites (tertiary alicyclic amines) is 1. The topological polar surface area (TPSA) is 69.6 Å². The predicted molar refractivity (Wildman–Crippen MR) is 60.5 cm³/mol. The van der Waals surface area contributed by atoms with Crippen LogP contribution in [0.2, 0.25) is 0 Å². The molecule has 17 heavy (non-hydrogen) atoms. The molecule has 1 heterocycles. The van der Waals surface area contributed by atoms with Gasteiger partial charge in [-0.05, 0) is 38.0 Å². The molecule has 1 aliphatic heterocycles. The number of hydrogen-bond donors (Lipinski definition) is 2. The van der Waals surface area contributed by atoms with E-state index < -0.39 is 6.09 Å². The maximum absolute atomic E-state index is 12.0. The van der Waals surface area contributed by atoms with Gasteiger partial charge in [-0.1, -0.05) is 0 Å². The summed E-state index contributed by atoms with van der Waals surface area (Å²) in [5.74, 6) is 0.764. The first-order valence-corrected chi connectivity index (χ1v) is 6.30. The van der Waals surface area contributed by atoms with E-state index in [1.807, 2.05) is 0 Å². The van der Waals surface area contributed by atoms with Crippen molar-refractivity contribution in [1.29, 1.82) is 0 Å². The smallest absolute Gasteiger partial charge is 0.407 e. The number of fused-ring (bicyclic) bond motifs is 1. The fourth-order valence-electron chi connectivity index (χ4n) is 3.28. The van der Waals surface area contributed by atoms with Crippen molar-refractivity contribution in [2.75, 3.05) is 13.1 Å². The zero-order chi connectivity index (χ0) is 12.2. The summed E-state index contributed by atoms with van der Waals surface area (Å²) in [6.07, 6.45) is 2.48. The van der Waals surface area contributed by atoms with E-state index in [9.17, 15) is 9.59 Å². The zero-order valence-corrected chi connectivity index (χ0v) is 9.98. The largest absolute Gasteiger partial charge is 0.465 e. The Balaban J connectivity index is 1.53. The lowest BCUT2D eigenvalue weighted by molar-refractivity contribution is -0.126. The number of rotatable bonds is 2. The van der Waals surface area contributed by atoms with E-state index in [0.29, 0.717) is 13.1 Å². The van der Waals surface area contributed by atoms with Crippen LogP contribution in [0, 0.1) is 17.8 Å². The van der Waals surface area contributed by atoms with Crippen LogP contribution in [0.3, 0.4) is 0 Å². The Labute approximate surface area is 100 Å². The first kappa shape index (κ1) is 10.9. The third-order valence-corrected chi connectivity index (χ3v) is 4.65. The lowest BCUT2D eigenvalue weighted by atomic mass is 9.78. The number of piperidine rings is 1. The number of carbonyl (C=O) groups is 2. The predicted octanol–water partition coefficient (Wildman–Crippen LogP) is 0.901. The third-order valence-electron chi connectivity index (χ3n) is 4.65. The molecule has 3 atom stereocenters. The summed E-state index contributed by atoms with van der Waals surface area (Å²) in [6, 6.07) is 0. The molecule has 0 unspecified atom stereocenters. The molecule has 3 fully saturated rings. The Morgan fingerprint density at radius 1 is 1.29 bits per heavy atom. The molecule has 2 saturated carbocycles. The van der Waals surface area contributed by atoms with Crippen molar-refractivity contribution in [2.45, 2.75) is 31.7 Å². The Morgan fingerprint density at radius 3 is 2.29 bits per heavy atom. The van der Waals surface area contributed by atoms with Gasteiger partial charge in [0.2, 0.25) is 5.91 Å². The van der Waals surface area contributed by atoms with Gasteiger partial charge < -0.3 is 15.3 Å². The van der Waals surface area contributed by atoms with Crippen molar-refractivity contribution in [1.82, 2.24) is 10.2 Å². The molecule has 5 heteroatoms. The van der Waals surface area contributed by atoms with Crippen molar-refractivity contribution >= 4 is 12.0 Å². The summed E-state index contributed by atoms with van der Waals surface area (Å²) in [5.41, 5.74) is 0.0143. The van der Waals surface area contributed by atoms with Crippen LogP contribution in [0.4, 0.5) is 4.79 Å². The molecule has 2 N–H and O–H groups in total. The fraction of sp³-hybridized carbons (Fsp3) is 0.833. The fourth-order valence-corrected chi connectivity index (χ4v) is 3.28. The number of amides is 2. The summed E-state index contributed by atoms with van der Waals surface area (Å²) in [5, 5.41) is 12.0. The minimum absolute atomic E-state index is 0.0143. The van der Waals surface area contributed by atoms with E-state index in [1.54, 1.807) is 0 Å². The minimum atomic E-state index is -0.859. The number of carboxylic acid groups (broad SMARTS) is 1. The number of nitrogens with zero attached hydrogens (tertiary/aromatic N) is 1. The number of nitrogens with one attached hydrogen (secondary N) is 1. The van der Waals surface area contributed by atoms with Crippen LogP contribution in [-0.4, -0.2) is 40.6 Å². The summed E-state index contributed by atoms with van der Waals surface area (Å²) >= 11 is 0. The Hall–Kier alpha value is -1.26. The molecular weight excluding hydrogens is 220 g/mol. The Kier molecular flexibility index (Phi) is 2.15. The molecule has 5 nitrogen and oxygen atoms in total. The molecule has 0 aromatic heterocycles. The van der Waals surface area contributed by atoms with Gasteiger partial charge in [0.25, 0.3) is 0 Å². The molecule has 3 aliphatic rings. The third kappa shape index (κ3) is 1.68. The normalized spacial score (nSPS) is 37.0. The van der Waals surface area contributed by atoms with Gasteiger partial charge in [-0.15, -0.1) is 0 Å². The second-order valence-corrected chi connectivity index (χ2v) is 5.94. The van der Waals surface area contributed by atoms with E-state index >= 15 is 0 Å². The first-order valence-electron chi connectivity index (χ1n) is 6.30. The van der Waals surface area contributed by atoms with Gasteiger partial charge >= 0.3 is 6.09 Å². The van der Waals surface area contributed by atoms with Crippen LogP contribution >= 0.6 is 0 Å². The van der Waals surface area contributed by atoms with Crippen molar-refractivity contribution in [3.05, 3.63) is 0 Å². The van der Waals surface area contributed by atoms with Crippen LogP contribution < -0.4 is 5.32 Å². The quantitative estimate of drug-likeness (QED) is 0.751. The SMILES string of the molecule is CC1(NC(=O)[C@H]2[C@@H]3CN(C(=O)O)C[C@@H]32)CCC1. The summed E-state index contributed by atoms with van der Waals surface area (Å²) in [6.45, 7) is 3.17. The van der Waals surface area contributed by atoms with Gasteiger partial charge in [-0.25, -0.2) is 4.79 Å². The number of hydrogen-bond acceptors (Lipinski definition) is 2. The maximum atomic E-state index is 12.0. The highest BCUT2D eigenvalue weighted by atomic mass is 16.4. The van der Waals surface area contributed by atoms with Gasteiger partial charge in [0.05, 0.1) is 0 Å². The van der Waals surface area contributed by atoms with Crippen LogP contribution in [0.25, 0.3) is 0 Å². The van der Waals surface area contributed by atoms with E-state index in [4.69, 9.17) is 5.11 Å². The first-order chi connectivity index (χ1) is 8.00. The monoisotopic (exact) mass is 238 g/mol. The summed E-state index contributed by atoms with van der Waals surface area (Å²) < 4.78 is 0. The van der Waals surface area contributed by atoms with E-state index in [2.05, 4.69) is 12.2 Å². The van der Waals surface area contributed by atoms with Gasteiger partial charge in [-0.3, -0.25) is 4.79 Å². The van der Waals surface area contributed by atoms with Gasteiger partial charge in [0.15, 0.2) is 0 Å². The average molecular weight is 238 g/mol. The van der Waals surface area contributed by atoms with Crippen molar-refractivity contribution < 1.29 is 14.7 Å². The van der Waals surface area contributed by atoms with Crippen molar-refractivity contribution in [3.8, 4) is 0 Å². The van der Waals surface area contributed by atoms with Gasteiger partial charge in [0.1, 0.15) is 0 Å². The van der Waals surface area contributed by atoms with Crippen molar-refractivity contribution in [3.63, 3.8) is 0 Å². The minimum Gasteiger partial charge on any atom is -0.465 e. The van der Waals surface area contributed by atoms with E-state index in [0.717, 1.165) is 12.8 Å². The highest BCUT2D eigenvalue weighted by Crippen LogP contribution is 2.52. The molecule has 0 radical (unpaired) electrons. The maximum Gasteiger partial charge on any atom is 0.407 e. The van der Waals surface area contributed by atoms with Gasteiger partial charge in [0, 0.05) is 24.5 Å². The van der Waals surface area contributed by atoms with Crippen LogP contribution in [-0.2, 0) is 4.79 Å². The Morgan fingerprint density at radius 2 is 1.88 bits per heavy atom. The second kappa shape index (κ2) is 3.37. The second-order valence-electron chi connectivity index (χ2n) is 5.94. The molecule has 3 rings (SSSR count). The van der Waals surface area contributed by atoms with Crippen molar-refractivity contribution in [2.24, 2.45) is 17.8 Å². The summed E-state index contributed by atoms with van der Waals surface area (Å²) in [7, 11) is 0. The highest BCUT2D eigenvalue weighted by molar-refractivity contribution is 5.84. The molecule has 1 saturated heterocycles. The summed E-state index contributed by atoms with van der Waals surface area (Å²) in [4.78, 5) is 24.2. The zero-order valence-electron chi connectivity index (χ0n) is 9.98. The molecule has 94 valence electrons. The molecule has 0 spiro atoms. The molecule has 0 aromatic rings. The molecule has 0 bridgehead atoms. The standard InChI is InChI=1S/C12H18N2O3/c1-12(3-2-4-12)13-10(15)9-7-5-14(11(16)17)6-8(7)9/h7-9H,2-6H2,1H3,(H,13,15)(H,16,17)/t7-,8+,9+. The average Bonchev–Trinajstić information content (AvgIpc) is 2.71. The molecule has 0 aromatic carbocycles. The molecule has 2 amide bonds. The molecule has 2 aliphatic carbocycles. The van der Waals surface area contributed by atoms with Crippen LogP contribution in [0.15, 0.2) is 0 Å². The lowest BCUT2D eigenvalue weighted by Crippen LogP contribution is -2.52. The van der Waals surface area contributed by atoms with Gasteiger partial charge in [-0.2, -0.15) is 0 Å². The lowest BCUT2D eigenvalue weighted by Gasteiger charge is -2.39. The van der Waals surface area contributed by atoms with Crippen LogP contribution in [0.5, 0.6) is 0 Å². The molecular formula is C12H18N2O3.